The zero-order valence-corrected chi connectivity index (χ0v) is 10.2. The molecule has 2 rings (SSSR count). The second-order valence-corrected chi connectivity index (χ2v) is 4.26. The number of hydrogen-bond acceptors (Lipinski definition) is 3. The van der Waals surface area contributed by atoms with Gasteiger partial charge in [-0.1, -0.05) is 6.07 Å². The van der Waals surface area contributed by atoms with Crippen molar-refractivity contribution < 1.29 is 9.47 Å². The number of benzene rings is 1. The fourth-order valence-corrected chi connectivity index (χ4v) is 2.36. The molecular weight excluding hydrogens is 202 g/mol. The van der Waals surface area contributed by atoms with Gasteiger partial charge in [0.2, 0.25) is 0 Å². The van der Waals surface area contributed by atoms with Crippen LogP contribution in [0.1, 0.15) is 23.5 Å². The second-order valence-electron chi connectivity index (χ2n) is 4.26. The van der Waals surface area contributed by atoms with E-state index in [2.05, 4.69) is 24.4 Å². The molecule has 0 spiro atoms. The van der Waals surface area contributed by atoms with Gasteiger partial charge in [-0.25, -0.2) is 0 Å². The smallest absolute Gasteiger partial charge is 0.163 e. The predicted molar refractivity (Wildman–Crippen MR) is 64.5 cm³/mol. The summed E-state index contributed by atoms with van der Waals surface area (Å²) in [6, 6.07) is 4.31. The molecular formula is C13H19NO2. The van der Waals surface area contributed by atoms with Gasteiger partial charge in [-0.2, -0.15) is 0 Å². The first-order valence-corrected chi connectivity index (χ1v) is 5.69. The molecule has 1 atom stereocenters. The molecule has 0 aliphatic carbocycles. The molecule has 88 valence electrons. The van der Waals surface area contributed by atoms with E-state index in [-0.39, 0.29) is 0 Å². The standard InChI is InChI=1S/C13H19NO2/c1-9-6-11(10-4-5-14-8-10)7-12(15-2)13(9)16-3/h6-7,10,14H,4-5,8H2,1-3H3. The maximum atomic E-state index is 5.37. The fourth-order valence-electron chi connectivity index (χ4n) is 2.36. The molecule has 1 aromatic rings. The molecule has 1 aliphatic heterocycles. The SMILES string of the molecule is COc1cc(C2CCNC2)cc(C)c1OC. The van der Waals surface area contributed by atoms with Crippen molar-refractivity contribution in [1.82, 2.24) is 5.32 Å². The van der Waals surface area contributed by atoms with Crippen molar-refractivity contribution in [2.75, 3.05) is 27.3 Å². The Hall–Kier alpha value is -1.22. The highest BCUT2D eigenvalue weighted by atomic mass is 16.5. The summed E-state index contributed by atoms with van der Waals surface area (Å²) in [5.41, 5.74) is 2.49. The number of hydrogen-bond donors (Lipinski definition) is 1. The number of nitrogens with one attached hydrogen (secondary N) is 1. The molecule has 1 unspecified atom stereocenters. The molecule has 1 heterocycles. The van der Waals surface area contributed by atoms with Crippen LogP contribution in [0.15, 0.2) is 12.1 Å². The van der Waals surface area contributed by atoms with Crippen molar-refractivity contribution in [2.24, 2.45) is 0 Å². The molecule has 1 fully saturated rings. The Balaban J connectivity index is 2.36. The molecule has 1 N–H and O–H groups in total. The summed E-state index contributed by atoms with van der Waals surface area (Å²) in [6.07, 6.45) is 1.20. The fraction of sp³-hybridized carbons (Fsp3) is 0.538. The van der Waals surface area contributed by atoms with Gasteiger partial charge in [-0.15, -0.1) is 0 Å². The largest absolute Gasteiger partial charge is 0.493 e. The Morgan fingerprint density at radius 1 is 1.25 bits per heavy atom. The van der Waals surface area contributed by atoms with Crippen LogP contribution in [0.5, 0.6) is 11.5 Å². The van der Waals surface area contributed by atoms with E-state index in [0.29, 0.717) is 5.92 Å². The minimum atomic E-state index is 0.610. The minimum Gasteiger partial charge on any atom is -0.493 e. The third kappa shape index (κ3) is 2.00. The van der Waals surface area contributed by atoms with Crippen molar-refractivity contribution >= 4 is 0 Å². The van der Waals surface area contributed by atoms with E-state index >= 15 is 0 Å². The third-order valence-corrected chi connectivity index (χ3v) is 3.22. The Labute approximate surface area is 96.8 Å². The molecule has 0 aromatic heterocycles. The summed E-state index contributed by atoms with van der Waals surface area (Å²) in [5.74, 6) is 2.29. The van der Waals surface area contributed by atoms with Crippen LogP contribution in [0.3, 0.4) is 0 Å². The molecule has 3 nitrogen and oxygen atoms in total. The maximum absolute atomic E-state index is 5.37. The van der Waals surface area contributed by atoms with Gasteiger partial charge in [0.25, 0.3) is 0 Å². The van der Waals surface area contributed by atoms with Crippen molar-refractivity contribution in [3.05, 3.63) is 23.3 Å². The van der Waals surface area contributed by atoms with E-state index < -0.39 is 0 Å². The van der Waals surface area contributed by atoms with Crippen LogP contribution < -0.4 is 14.8 Å². The lowest BCUT2D eigenvalue weighted by atomic mass is 9.96. The van der Waals surface area contributed by atoms with Crippen LogP contribution in [-0.2, 0) is 0 Å². The topological polar surface area (TPSA) is 30.5 Å². The quantitative estimate of drug-likeness (QED) is 0.847. The first-order chi connectivity index (χ1) is 7.76. The molecule has 16 heavy (non-hydrogen) atoms. The highest BCUT2D eigenvalue weighted by Crippen LogP contribution is 2.35. The van der Waals surface area contributed by atoms with Crippen molar-refractivity contribution in [2.45, 2.75) is 19.3 Å². The van der Waals surface area contributed by atoms with Gasteiger partial charge < -0.3 is 14.8 Å². The van der Waals surface area contributed by atoms with Gasteiger partial charge in [0.15, 0.2) is 11.5 Å². The lowest BCUT2D eigenvalue weighted by Crippen LogP contribution is -2.08. The predicted octanol–water partition coefficient (Wildman–Crippen LogP) is 2.09. The molecule has 0 radical (unpaired) electrons. The second kappa shape index (κ2) is 4.74. The Kier molecular flexibility index (Phi) is 3.34. The number of aryl methyl sites for hydroxylation is 1. The molecule has 0 saturated carbocycles. The summed E-state index contributed by atoms with van der Waals surface area (Å²) >= 11 is 0. The van der Waals surface area contributed by atoms with Crippen molar-refractivity contribution in [1.29, 1.82) is 0 Å². The van der Waals surface area contributed by atoms with Crippen LogP contribution in [0.2, 0.25) is 0 Å². The van der Waals surface area contributed by atoms with E-state index in [0.717, 1.165) is 30.2 Å². The molecule has 1 saturated heterocycles. The van der Waals surface area contributed by atoms with Crippen LogP contribution in [0, 0.1) is 6.92 Å². The van der Waals surface area contributed by atoms with Crippen molar-refractivity contribution in [3.8, 4) is 11.5 Å². The van der Waals surface area contributed by atoms with Gasteiger partial charge in [0.05, 0.1) is 14.2 Å². The number of ether oxygens (including phenoxy) is 2. The molecule has 0 bridgehead atoms. The van der Waals surface area contributed by atoms with Gasteiger partial charge in [-0.3, -0.25) is 0 Å². The highest BCUT2D eigenvalue weighted by Gasteiger charge is 2.19. The maximum Gasteiger partial charge on any atom is 0.163 e. The van der Waals surface area contributed by atoms with Gasteiger partial charge in [0, 0.05) is 6.54 Å². The summed E-state index contributed by atoms with van der Waals surface area (Å²) in [7, 11) is 3.37. The summed E-state index contributed by atoms with van der Waals surface area (Å²) in [4.78, 5) is 0. The summed E-state index contributed by atoms with van der Waals surface area (Å²) < 4.78 is 10.7. The highest BCUT2D eigenvalue weighted by molar-refractivity contribution is 5.49. The van der Waals surface area contributed by atoms with E-state index in [1.54, 1.807) is 14.2 Å². The Bertz CT molecular complexity index is 370. The first-order valence-electron chi connectivity index (χ1n) is 5.69. The number of methoxy groups -OCH3 is 2. The Morgan fingerprint density at radius 2 is 2.06 bits per heavy atom. The average molecular weight is 221 g/mol. The minimum absolute atomic E-state index is 0.610. The van der Waals surface area contributed by atoms with E-state index in [1.807, 2.05) is 0 Å². The molecule has 1 aromatic carbocycles. The van der Waals surface area contributed by atoms with Crippen LogP contribution in [0.4, 0.5) is 0 Å². The molecule has 1 aliphatic rings. The molecule has 0 amide bonds. The summed E-state index contributed by atoms with van der Waals surface area (Å²) in [5, 5.41) is 3.38. The number of rotatable bonds is 3. The van der Waals surface area contributed by atoms with Gasteiger partial charge in [0.1, 0.15) is 0 Å². The normalized spacial score (nSPS) is 19.8. The lowest BCUT2D eigenvalue weighted by Gasteiger charge is -2.15. The van der Waals surface area contributed by atoms with Gasteiger partial charge in [-0.05, 0) is 43.0 Å². The van der Waals surface area contributed by atoms with Crippen LogP contribution >= 0.6 is 0 Å². The van der Waals surface area contributed by atoms with Crippen LogP contribution in [-0.4, -0.2) is 27.3 Å². The summed E-state index contributed by atoms with van der Waals surface area (Å²) in [6.45, 7) is 4.24. The van der Waals surface area contributed by atoms with E-state index in [1.165, 1.54) is 12.0 Å². The average Bonchev–Trinajstić information content (AvgIpc) is 2.81. The third-order valence-electron chi connectivity index (χ3n) is 3.22. The zero-order valence-electron chi connectivity index (χ0n) is 10.2. The van der Waals surface area contributed by atoms with Crippen LogP contribution in [0.25, 0.3) is 0 Å². The molecule has 3 heteroatoms. The zero-order chi connectivity index (χ0) is 11.5. The van der Waals surface area contributed by atoms with Gasteiger partial charge >= 0.3 is 0 Å². The lowest BCUT2D eigenvalue weighted by molar-refractivity contribution is 0.352. The first kappa shape index (κ1) is 11.3. The van der Waals surface area contributed by atoms with E-state index in [4.69, 9.17) is 9.47 Å². The monoisotopic (exact) mass is 221 g/mol. The Morgan fingerprint density at radius 3 is 2.62 bits per heavy atom. The van der Waals surface area contributed by atoms with E-state index in [9.17, 15) is 0 Å². The van der Waals surface area contributed by atoms with Crippen molar-refractivity contribution in [3.63, 3.8) is 0 Å².